The zero-order valence-electron chi connectivity index (χ0n) is 16.7. The SMILES string of the molecule is C=CCN(C(=O)OCc1ccccc1)N(C(=O)OCc1ccccc1)[C@@H](C=C)CO. The number of rotatable bonds is 9. The van der Waals surface area contributed by atoms with Gasteiger partial charge in [-0.15, -0.1) is 13.2 Å². The van der Waals surface area contributed by atoms with Crippen LogP contribution in [0.4, 0.5) is 9.59 Å². The number of nitrogens with zero attached hydrogens (tertiary/aromatic N) is 2. The summed E-state index contributed by atoms with van der Waals surface area (Å²) in [6.45, 7) is 6.81. The fraction of sp³-hybridized carbons (Fsp3) is 0.217. The molecule has 0 aliphatic heterocycles. The molecule has 0 aromatic heterocycles. The monoisotopic (exact) mass is 410 g/mol. The lowest BCUT2D eigenvalue weighted by atomic mass is 10.2. The fourth-order valence-corrected chi connectivity index (χ4v) is 2.62. The van der Waals surface area contributed by atoms with E-state index in [0.717, 1.165) is 21.1 Å². The maximum Gasteiger partial charge on any atom is 0.429 e. The van der Waals surface area contributed by atoms with Gasteiger partial charge >= 0.3 is 12.2 Å². The van der Waals surface area contributed by atoms with Crippen molar-refractivity contribution in [3.05, 3.63) is 97.1 Å². The third kappa shape index (κ3) is 6.49. The Balaban J connectivity index is 2.16. The highest BCUT2D eigenvalue weighted by molar-refractivity contribution is 5.75. The molecule has 2 aromatic carbocycles. The van der Waals surface area contributed by atoms with Gasteiger partial charge in [-0.05, 0) is 11.1 Å². The Morgan fingerprint density at radius 3 is 1.83 bits per heavy atom. The molecular weight excluding hydrogens is 384 g/mol. The Morgan fingerprint density at radius 2 is 1.40 bits per heavy atom. The summed E-state index contributed by atoms with van der Waals surface area (Å²) in [5.74, 6) is 0. The first kappa shape index (κ1) is 22.7. The molecule has 0 aliphatic rings. The third-order valence-electron chi connectivity index (χ3n) is 4.14. The number of aliphatic hydroxyl groups is 1. The summed E-state index contributed by atoms with van der Waals surface area (Å²) in [7, 11) is 0. The topological polar surface area (TPSA) is 79.3 Å². The molecule has 0 aliphatic carbocycles. The molecule has 1 atom stereocenters. The first-order valence-electron chi connectivity index (χ1n) is 9.43. The smallest absolute Gasteiger partial charge is 0.429 e. The number of aliphatic hydroxyl groups excluding tert-OH is 1. The van der Waals surface area contributed by atoms with E-state index in [-0.39, 0.29) is 19.8 Å². The van der Waals surface area contributed by atoms with E-state index in [0.29, 0.717) is 0 Å². The van der Waals surface area contributed by atoms with Crippen molar-refractivity contribution in [1.82, 2.24) is 10.0 Å². The highest BCUT2D eigenvalue weighted by Gasteiger charge is 2.32. The number of amides is 2. The van der Waals surface area contributed by atoms with E-state index in [4.69, 9.17) is 9.47 Å². The number of hydrogen-bond acceptors (Lipinski definition) is 5. The minimum Gasteiger partial charge on any atom is -0.443 e. The van der Waals surface area contributed by atoms with Gasteiger partial charge in [-0.2, -0.15) is 0 Å². The second-order valence-electron chi connectivity index (χ2n) is 6.28. The first-order valence-corrected chi connectivity index (χ1v) is 9.43. The van der Waals surface area contributed by atoms with Gasteiger partial charge in [0.1, 0.15) is 13.2 Å². The summed E-state index contributed by atoms with van der Waals surface area (Å²) in [6.07, 6.45) is 1.19. The lowest BCUT2D eigenvalue weighted by molar-refractivity contribution is -0.0427. The molecule has 2 aromatic rings. The van der Waals surface area contributed by atoms with Crippen LogP contribution in [0.2, 0.25) is 0 Å². The Morgan fingerprint density at radius 1 is 0.900 bits per heavy atom. The molecule has 2 amide bonds. The number of hydrogen-bond donors (Lipinski definition) is 1. The molecule has 0 radical (unpaired) electrons. The van der Waals surface area contributed by atoms with Crippen LogP contribution in [0, 0.1) is 0 Å². The van der Waals surface area contributed by atoms with E-state index in [9.17, 15) is 14.7 Å². The van der Waals surface area contributed by atoms with E-state index in [1.165, 1.54) is 12.2 Å². The molecule has 1 N–H and O–H groups in total. The van der Waals surface area contributed by atoms with Crippen LogP contribution in [0.5, 0.6) is 0 Å². The van der Waals surface area contributed by atoms with Crippen molar-refractivity contribution in [2.45, 2.75) is 19.3 Å². The molecule has 0 saturated heterocycles. The van der Waals surface area contributed by atoms with E-state index in [1.54, 1.807) is 0 Å². The lowest BCUT2D eigenvalue weighted by Crippen LogP contribution is -2.55. The zero-order valence-corrected chi connectivity index (χ0v) is 16.7. The fourth-order valence-electron chi connectivity index (χ4n) is 2.62. The van der Waals surface area contributed by atoms with Crippen LogP contribution in [0.25, 0.3) is 0 Å². The maximum atomic E-state index is 12.8. The van der Waals surface area contributed by atoms with Crippen molar-refractivity contribution in [2.75, 3.05) is 13.2 Å². The predicted molar refractivity (Wildman–Crippen MR) is 113 cm³/mol. The number of carbonyl (C=O) groups excluding carboxylic acids is 2. The Kier molecular flexibility index (Phi) is 9.15. The molecule has 0 spiro atoms. The minimum atomic E-state index is -0.891. The van der Waals surface area contributed by atoms with Crippen LogP contribution in [-0.4, -0.2) is 46.5 Å². The highest BCUT2D eigenvalue weighted by Crippen LogP contribution is 2.14. The van der Waals surface area contributed by atoms with Gasteiger partial charge in [0.15, 0.2) is 0 Å². The van der Waals surface area contributed by atoms with Gasteiger partial charge in [0.05, 0.1) is 19.2 Å². The zero-order chi connectivity index (χ0) is 21.8. The van der Waals surface area contributed by atoms with Crippen LogP contribution in [-0.2, 0) is 22.7 Å². The summed E-state index contributed by atoms with van der Waals surface area (Å²) >= 11 is 0. The summed E-state index contributed by atoms with van der Waals surface area (Å²) in [4.78, 5) is 25.6. The number of carbonyl (C=O) groups is 2. The van der Waals surface area contributed by atoms with Gasteiger partial charge in [-0.1, -0.05) is 72.8 Å². The predicted octanol–water partition coefficient (Wildman–Crippen LogP) is 3.91. The Hall–Kier alpha value is -3.58. The standard InChI is InChI=1S/C23H26N2O5/c1-3-15-24(22(27)29-17-19-11-7-5-8-12-19)25(21(4-2)16-26)23(28)30-18-20-13-9-6-10-14-20/h3-14,21,26H,1-2,15-18H2/t21-/m0/s1. The van der Waals surface area contributed by atoms with Gasteiger partial charge in [0.25, 0.3) is 0 Å². The van der Waals surface area contributed by atoms with Gasteiger partial charge in [0.2, 0.25) is 0 Å². The molecule has 158 valence electrons. The van der Waals surface area contributed by atoms with E-state index >= 15 is 0 Å². The van der Waals surface area contributed by atoms with Crippen LogP contribution in [0.1, 0.15) is 11.1 Å². The molecule has 0 heterocycles. The Labute approximate surface area is 176 Å². The van der Waals surface area contributed by atoms with Crippen molar-refractivity contribution >= 4 is 12.2 Å². The van der Waals surface area contributed by atoms with E-state index in [2.05, 4.69) is 13.2 Å². The van der Waals surface area contributed by atoms with Crippen LogP contribution >= 0.6 is 0 Å². The Bertz CT molecular complexity index is 826. The van der Waals surface area contributed by atoms with Crippen LogP contribution < -0.4 is 0 Å². The number of hydrazine groups is 1. The minimum absolute atomic E-state index is 0.00641. The second-order valence-corrected chi connectivity index (χ2v) is 6.28. The van der Waals surface area contributed by atoms with Crippen LogP contribution in [0.3, 0.4) is 0 Å². The third-order valence-corrected chi connectivity index (χ3v) is 4.14. The molecule has 0 bridgehead atoms. The van der Waals surface area contributed by atoms with Crippen LogP contribution in [0.15, 0.2) is 86.0 Å². The molecule has 7 nitrogen and oxygen atoms in total. The van der Waals surface area contributed by atoms with Gasteiger partial charge in [0, 0.05) is 0 Å². The van der Waals surface area contributed by atoms with Crippen molar-refractivity contribution in [3.8, 4) is 0 Å². The van der Waals surface area contributed by atoms with E-state index < -0.39 is 24.8 Å². The second kappa shape index (κ2) is 12.1. The van der Waals surface area contributed by atoms with E-state index in [1.807, 2.05) is 60.7 Å². The summed E-state index contributed by atoms with van der Waals surface area (Å²) in [5.41, 5.74) is 1.58. The molecular formula is C23H26N2O5. The molecule has 2 rings (SSSR count). The highest BCUT2D eigenvalue weighted by atomic mass is 16.6. The van der Waals surface area contributed by atoms with Crippen molar-refractivity contribution in [2.24, 2.45) is 0 Å². The lowest BCUT2D eigenvalue weighted by Gasteiger charge is -2.36. The molecule has 0 unspecified atom stereocenters. The van der Waals surface area contributed by atoms with Gasteiger partial charge in [-0.25, -0.2) is 19.6 Å². The van der Waals surface area contributed by atoms with Gasteiger partial charge in [-0.3, -0.25) is 0 Å². The normalized spacial score (nSPS) is 11.1. The molecule has 0 fully saturated rings. The maximum absolute atomic E-state index is 12.8. The average molecular weight is 410 g/mol. The first-order chi connectivity index (χ1) is 14.6. The molecule has 0 saturated carbocycles. The number of benzene rings is 2. The summed E-state index contributed by atoms with van der Waals surface area (Å²) in [6, 6.07) is 17.4. The van der Waals surface area contributed by atoms with Crippen molar-refractivity contribution < 1.29 is 24.2 Å². The van der Waals surface area contributed by atoms with Crippen molar-refractivity contribution in [1.29, 1.82) is 0 Å². The molecule has 7 heteroatoms. The summed E-state index contributed by atoms with van der Waals surface area (Å²) < 4.78 is 10.7. The number of ether oxygens (including phenoxy) is 2. The quantitative estimate of drug-likeness (QED) is 0.501. The van der Waals surface area contributed by atoms with Crippen molar-refractivity contribution in [3.63, 3.8) is 0 Å². The summed E-state index contributed by atoms with van der Waals surface area (Å²) in [5, 5.41) is 11.7. The largest absolute Gasteiger partial charge is 0.443 e. The van der Waals surface area contributed by atoms with Gasteiger partial charge < -0.3 is 14.6 Å². The molecule has 30 heavy (non-hydrogen) atoms. The average Bonchev–Trinajstić information content (AvgIpc) is 2.79.